The predicted octanol–water partition coefficient (Wildman–Crippen LogP) is 4.24. The molecule has 0 bridgehead atoms. The van der Waals surface area contributed by atoms with Gasteiger partial charge in [-0.1, -0.05) is 31.2 Å². The third-order valence-electron chi connectivity index (χ3n) is 3.20. The highest BCUT2D eigenvalue weighted by Crippen LogP contribution is 2.05. The van der Waals surface area contributed by atoms with Crippen LogP contribution in [-0.2, 0) is 14.4 Å². The monoisotopic (exact) mass is 308 g/mol. The summed E-state index contributed by atoms with van der Waals surface area (Å²) in [5, 5.41) is 8.48. The molecule has 0 aliphatic carbocycles. The molecule has 4 nitrogen and oxygen atoms in total. The van der Waals surface area contributed by atoms with E-state index in [1.165, 1.54) is 0 Å². The maximum atomic E-state index is 11.6. The van der Waals surface area contributed by atoms with Gasteiger partial charge in [0.1, 0.15) is 11.6 Å². The van der Waals surface area contributed by atoms with Crippen molar-refractivity contribution in [1.82, 2.24) is 0 Å². The standard InChI is InChI=1S/C18H28O4/c1-2-3-8-11-16(19)14-15-17(20)12-9-6-4-5-7-10-13-18(21)22/h3-4,6,8H,2,5,7,9-15H2,1H3,(H,21,22)/b6-4-,8-3-. The number of allylic oxidation sites excluding steroid dienone is 4. The van der Waals surface area contributed by atoms with Crippen molar-refractivity contribution in [3.8, 4) is 0 Å². The van der Waals surface area contributed by atoms with E-state index in [0.717, 1.165) is 19.3 Å². The molecular formula is C18H28O4. The Labute approximate surface area is 133 Å². The number of unbranched alkanes of at least 4 members (excludes halogenated alkanes) is 2. The summed E-state index contributed by atoms with van der Waals surface area (Å²) in [4.78, 5) is 33.4. The summed E-state index contributed by atoms with van der Waals surface area (Å²) in [5.41, 5.74) is 0. The Hall–Kier alpha value is -1.71. The number of carbonyl (C=O) groups is 3. The van der Waals surface area contributed by atoms with Crippen LogP contribution in [0, 0.1) is 0 Å². The second kappa shape index (κ2) is 14.2. The van der Waals surface area contributed by atoms with E-state index in [1.54, 1.807) is 0 Å². The number of carbonyl (C=O) groups excluding carboxylic acids is 2. The molecule has 0 amide bonds. The fraction of sp³-hybridized carbons (Fsp3) is 0.611. The van der Waals surface area contributed by atoms with Gasteiger partial charge in [0, 0.05) is 32.1 Å². The Kier molecular flexibility index (Phi) is 13.1. The summed E-state index contributed by atoms with van der Waals surface area (Å²) in [7, 11) is 0. The third kappa shape index (κ3) is 14.7. The van der Waals surface area contributed by atoms with Crippen molar-refractivity contribution in [2.45, 2.75) is 71.1 Å². The van der Waals surface area contributed by atoms with E-state index >= 15 is 0 Å². The smallest absolute Gasteiger partial charge is 0.303 e. The molecule has 0 saturated carbocycles. The number of Topliss-reactive ketones (excluding diaryl/α,β-unsaturated/α-hetero) is 2. The molecule has 0 radical (unpaired) electrons. The SMILES string of the molecule is CC/C=C\CC(=O)CCC(=O)CC/C=C\CCCCC(=O)O. The zero-order chi connectivity index (χ0) is 16.6. The number of rotatable bonds is 14. The topological polar surface area (TPSA) is 71.4 Å². The number of ketones is 2. The lowest BCUT2D eigenvalue weighted by atomic mass is 10.1. The fourth-order valence-electron chi connectivity index (χ4n) is 1.91. The average molecular weight is 308 g/mol. The van der Waals surface area contributed by atoms with Crippen molar-refractivity contribution in [2.75, 3.05) is 0 Å². The Bertz CT molecular complexity index is 394. The molecule has 0 aliphatic heterocycles. The molecule has 0 unspecified atom stereocenters. The van der Waals surface area contributed by atoms with Gasteiger partial charge in [0.2, 0.25) is 0 Å². The van der Waals surface area contributed by atoms with Crippen LogP contribution in [0.15, 0.2) is 24.3 Å². The van der Waals surface area contributed by atoms with Crippen molar-refractivity contribution in [2.24, 2.45) is 0 Å². The molecule has 4 heteroatoms. The van der Waals surface area contributed by atoms with Crippen LogP contribution in [0.3, 0.4) is 0 Å². The van der Waals surface area contributed by atoms with E-state index in [0.29, 0.717) is 38.5 Å². The lowest BCUT2D eigenvalue weighted by Crippen LogP contribution is -2.03. The molecule has 0 fully saturated rings. The van der Waals surface area contributed by atoms with E-state index in [2.05, 4.69) is 0 Å². The summed E-state index contributed by atoms with van der Waals surface area (Å²) in [6.45, 7) is 2.02. The number of hydrogen-bond acceptors (Lipinski definition) is 3. The maximum Gasteiger partial charge on any atom is 0.303 e. The van der Waals surface area contributed by atoms with Crippen LogP contribution in [0.5, 0.6) is 0 Å². The molecule has 0 aromatic carbocycles. The first-order valence-corrected chi connectivity index (χ1v) is 8.11. The van der Waals surface area contributed by atoms with Crippen LogP contribution < -0.4 is 0 Å². The predicted molar refractivity (Wildman–Crippen MR) is 87.8 cm³/mol. The molecule has 22 heavy (non-hydrogen) atoms. The first kappa shape index (κ1) is 20.3. The third-order valence-corrected chi connectivity index (χ3v) is 3.20. The van der Waals surface area contributed by atoms with Gasteiger partial charge in [0.05, 0.1) is 0 Å². The lowest BCUT2D eigenvalue weighted by Gasteiger charge is -1.98. The molecule has 0 aromatic heterocycles. The van der Waals surface area contributed by atoms with Gasteiger partial charge in [-0.05, 0) is 32.1 Å². The quantitative estimate of drug-likeness (QED) is 0.385. The van der Waals surface area contributed by atoms with Gasteiger partial charge in [0.15, 0.2) is 0 Å². The van der Waals surface area contributed by atoms with Gasteiger partial charge in [0.25, 0.3) is 0 Å². The normalized spacial score (nSPS) is 11.3. The molecular weight excluding hydrogens is 280 g/mol. The summed E-state index contributed by atoms with van der Waals surface area (Å²) >= 11 is 0. The van der Waals surface area contributed by atoms with E-state index in [-0.39, 0.29) is 18.0 Å². The highest BCUT2D eigenvalue weighted by molar-refractivity contribution is 5.86. The molecule has 0 aliphatic rings. The van der Waals surface area contributed by atoms with Crippen LogP contribution in [0.4, 0.5) is 0 Å². The minimum absolute atomic E-state index is 0.118. The Morgan fingerprint density at radius 3 is 2.14 bits per heavy atom. The van der Waals surface area contributed by atoms with Crippen molar-refractivity contribution in [1.29, 1.82) is 0 Å². The van der Waals surface area contributed by atoms with Gasteiger partial charge in [-0.25, -0.2) is 0 Å². The van der Waals surface area contributed by atoms with Crippen LogP contribution in [0.25, 0.3) is 0 Å². The maximum absolute atomic E-state index is 11.6. The number of carboxylic acids is 1. The van der Waals surface area contributed by atoms with Crippen molar-refractivity contribution in [3.05, 3.63) is 24.3 Å². The Morgan fingerprint density at radius 2 is 1.45 bits per heavy atom. The zero-order valence-corrected chi connectivity index (χ0v) is 13.6. The molecule has 0 heterocycles. The zero-order valence-electron chi connectivity index (χ0n) is 13.6. The minimum Gasteiger partial charge on any atom is -0.481 e. The lowest BCUT2D eigenvalue weighted by molar-refractivity contribution is -0.137. The van der Waals surface area contributed by atoms with Gasteiger partial charge in [-0.15, -0.1) is 0 Å². The molecule has 0 aromatic rings. The highest BCUT2D eigenvalue weighted by Gasteiger charge is 2.05. The summed E-state index contributed by atoms with van der Waals surface area (Å²) in [6.07, 6.45) is 13.6. The van der Waals surface area contributed by atoms with E-state index in [4.69, 9.17) is 5.11 Å². The number of aliphatic carboxylic acids is 1. The molecule has 0 spiro atoms. The largest absolute Gasteiger partial charge is 0.481 e. The fourth-order valence-corrected chi connectivity index (χ4v) is 1.91. The second-order valence-electron chi connectivity index (χ2n) is 5.31. The molecule has 0 atom stereocenters. The average Bonchev–Trinajstić information content (AvgIpc) is 2.47. The van der Waals surface area contributed by atoms with Crippen molar-refractivity contribution < 1.29 is 19.5 Å². The first-order valence-electron chi connectivity index (χ1n) is 8.11. The Balaban J connectivity index is 3.54. The van der Waals surface area contributed by atoms with Crippen molar-refractivity contribution in [3.63, 3.8) is 0 Å². The minimum atomic E-state index is -0.755. The molecule has 0 saturated heterocycles. The summed E-state index contributed by atoms with van der Waals surface area (Å²) in [6, 6.07) is 0. The summed E-state index contributed by atoms with van der Waals surface area (Å²) < 4.78 is 0. The number of carboxylic acid groups (broad SMARTS) is 1. The van der Waals surface area contributed by atoms with Crippen LogP contribution >= 0.6 is 0 Å². The molecule has 0 rings (SSSR count). The van der Waals surface area contributed by atoms with E-state index in [9.17, 15) is 14.4 Å². The van der Waals surface area contributed by atoms with E-state index in [1.807, 2.05) is 31.2 Å². The highest BCUT2D eigenvalue weighted by atomic mass is 16.4. The Morgan fingerprint density at radius 1 is 0.773 bits per heavy atom. The van der Waals surface area contributed by atoms with Gasteiger partial charge in [-0.3, -0.25) is 14.4 Å². The van der Waals surface area contributed by atoms with Crippen LogP contribution in [0.1, 0.15) is 71.1 Å². The van der Waals surface area contributed by atoms with Crippen LogP contribution in [0.2, 0.25) is 0 Å². The summed E-state index contributed by atoms with van der Waals surface area (Å²) in [5.74, 6) is -0.510. The van der Waals surface area contributed by atoms with Gasteiger partial charge < -0.3 is 5.11 Å². The first-order chi connectivity index (χ1) is 10.6. The van der Waals surface area contributed by atoms with Crippen LogP contribution in [-0.4, -0.2) is 22.6 Å². The van der Waals surface area contributed by atoms with Crippen molar-refractivity contribution >= 4 is 17.5 Å². The second-order valence-corrected chi connectivity index (χ2v) is 5.31. The molecule has 1 N–H and O–H groups in total. The van der Waals surface area contributed by atoms with Gasteiger partial charge >= 0.3 is 5.97 Å². The molecule has 124 valence electrons. The number of hydrogen-bond donors (Lipinski definition) is 1. The van der Waals surface area contributed by atoms with E-state index < -0.39 is 5.97 Å². The van der Waals surface area contributed by atoms with Gasteiger partial charge in [-0.2, -0.15) is 0 Å².